The van der Waals surface area contributed by atoms with Gasteiger partial charge in [-0.3, -0.25) is 10.2 Å². The normalized spacial score (nSPS) is 19.5. The number of amides is 1. The molecule has 2 aromatic carbocycles. The number of hydrogen-bond donors (Lipinski definition) is 3. The summed E-state index contributed by atoms with van der Waals surface area (Å²) in [6.45, 7) is 6.85. The predicted molar refractivity (Wildman–Crippen MR) is 129 cm³/mol. The van der Waals surface area contributed by atoms with Crippen LogP contribution in [0.15, 0.2) is 72.2 Å². The van der Waals surface area contributed by atoms with Gasteiger partial charge in [0.2, 0.25) is 5.90 Å². The molecule has 0 spiro atoms. The molecule has 1 aliphatic heterocycles. The molecule has 0 bridgehead atoms. The Hall–Kier alpha value is -3.16. The maximum atomic E-state index is 13.1. The van der Waals surface area contributed by atoms with Crippen LogP contribution in [0, 0.1) is 0 Å². The number of aliphatic hydroxyl groups excluding tert-OH is 1. The highest BCUT2D eigenvalue weighted by Gasteiger charge is 2.49. The number of hydrogen-bond acceptors (Lipinski definition) is 6. The maximum Gasteiger partial charge on any atom is 0.266 e. The second-order valence-corrected chi connectivity index (χ2v) is 8.01. The molecule has 7 heteroatoms. The Morgan fingerprint density at radius 2 is 1.97 bits per heavy atom. The number of hydrazine groups is 1. The van der Waals surface area contributed by atoms with E-state index in [1.54, 1.807) is 6.08 Å². The molecule has 0 fully saturated rings. The van der Waals surface area contributed by atoms with Crippen LogP contribution in [0.1, 0.15) is 37.3 Å². The molecule has 33 heavy (non-hydrogen) atoms. The number of nitrogens with one attached hydrogen (secondary N) is 2. The van der Waals surface area contributed by atoms with E-state index in [1.807, 2.05) is 49.4 Å². The Labute approximate surface area is 195 Å². The summed E-state index contributed by atoms with van der Waals surface area (Å²) in [5, 5.41) is 8.87. The zero-order valence-corrected chi connectivity index (χ0v) is 19.1. The molecule has 1 amide bonds. The monoisotopic (exact) mass is 451 g/mol. The zero-order chi connectivity index (χ0) is 23.5. The standard InChI is InChI=1S/C26H33N3O4/c1-3-16-26(25(31)29-27-17-7-11-21-9-5-4-6-10-21)20(2)33-24(28-26)22-12-14-23(15-13-22)32-19-8-18-30/h3-6,9-10,12-15,20,27,30H,1,7-8,11,16-19H2,2H3,(H,29,31)/t20-,26-/m0/s1. The van der Waals surface area contributed by atoms with Crippen molar-refractivity contribution in [1.82, 2.24) is 10.9 Å². The lowest BCUT2D eigenvalue weighted by atomic mass is 9.90. The van der Waals surface area contributed by atoms with Crippen molar-refractivity contribution in [2.75, 3.05) is 19.8 Å². The average molecular weight is 452 g/mol. The van der Waals surface area contributed by atoms with Gasteiger partial charge in [-0.15, -0.1) is 6.58 Å². The third kappa shape index (κ3) is 6.43. The van der Waals surface area contributed by atoms with Gasteiger partial charge < -0.3 is 14.6 Å². The third-order valence-corrected chi connectivity index (χ3v) is 5.60. The fourth-order valence-corrected chi connectivity index (χ4v) is 3.68. The van der Waals surface area contributed by atoms with Crippen molar-refractivity contribution in [2.24, 2.45) is 4.99 Å². The lowest BCUT2D eigenvalue weighted by molar-refractivity contribution is -0.129. The van der Waals surface area contributed by atoms with Crippen LogP contribution >= 0.6 is 0 Å². The van der Waals surface area contributed by atoms with E-state index in [0.29, 0.717) is 37.6 Å². The Morgan fingerprint density at radius 3 is 2.67 bits per heavy atom. The van der Waals surface area contributed by atoms with Crippen molar-refractivity contribution in [2.45, 2.75) is 44.2 Å². The van der Waals surface area contributed by atoms with Gasteiger partial charge in [0.1, 0.15) is 11.9 Å². The summed E-state index contributed by atoms with van der Waals surface area (Å²) in [6, 6.07) is 17.6. The van der Waals surface area contributed by atoms with Crippen LogP contribution in [0.4, 0.5) is 0 Å². The van der Waals surface area contributed by atoms with Crippen molar-refractivity contribution < 1.29 is 19.4 Å². The molecule has 0 radical (unpaired) electrons. The van der Waals surface area contributed by atoms with Crippen LogP contribution in [0.2, 0.25) is 0 Å². The van der Waals surface area contributed by atoms with Crippen LogP contribution in [0.3, 0.4) is 0 Å². The van der Waals surface area contributed by atoms with E-state index in [2.05, 4.69) is 29.6 Å². The summed E-state index contributed by atoms with van der Waals surface area (Å²) >= 11 is 0. The zero-order valence-electron chi connectivity index (χ0n) is 19.1. The summed E-state index contributed by atoms with van der Waals surface area (Å²) in [6.07, 6.45) is 4.01. The summed E-state index contributed by atoms with van der Waals surface area (Å²) in [5.74, 6) is 0.882. The van der Waals surface area contributed by atoms with E-state index in [0.717, 1.165) is 18.4 Å². The van der Waals surface area contributed by atoms with Gasteiger partial charge in [-0.2, -0.15) is 0 Å². The van der Waals surface area contributed by atoms with E-state index in [9.17, 15) is 4.79 Å². The molecule has 1 aliphatic rings. The lowest BCUT2D eigenvalue weighted by Gasteiger charge is -2.26. The van der Waals surface area contributed by atoms with Crippen molar-refractivity contribution in [3.05, 3.63) is 78.4 Å². The van der Waals surface area contributed by atoms with Crippen LogP contribution in [0.5, 0.6) is 5.75 Å². The molecule has 3 N–H and O–H groups in total. The number of carbonyl (C=O) groups is 1. The molecule has 7 nitrogen and oxygen atoms in total. The molecule has 176 valence electrons. The number of aliphatic imine (C=N–C) groups is 1. The SMILES string of the molecule is C=CC[C@]1(C(=O)NNCCCc2ccccc2)N=C(c2ccc(OCCCO)cc2)O[C@H]1C. The van der Waals surface area contributed by atoms with Gasteiger partial charge in [-0.25, -0.2) is 10.4 Å². The summed E-state index contributed by atoms with van der Waals surface area (Å²) in [4.78, 5) is 17.8. The molecule has 0 aliphatic carbocycles. The molecule has 0 saturated heterocycles. The van der Waals surface area contributed by atoms with E-state index in [1.165, 1.54) is 5.56 Å². The first-order valence-corrected chi connectivity index (χ1v) is 11.4. The van der Waals surface area contributed by atoms with E-state index < -0.39 is 11.6 Å². The van der Waals surface area contributed by atoms with Gasteiger partial charge in [-0.1, -0.05) is 36.4 Å². The molecular formula is C26H33N3O4. The Kier molecular flexibility index (Phi) is 9.04. The number of aryl methyl sites for hydroxylation is 1. The molecule has 2 atom stereocenters. The first kappa shape index (κ1) is 24.5. The number of rotatable bonds is 13. The quantitative estimate of drug-likeness (QED) is 0.247. The smallest absolute Gasteiger partial charge is 0.266 e. The van der Waals surface area contributed by atoms with Gasteiger partial charge in [0, 0.05) is 31.6 Å². The number of carbonyl (C=O) groups excluding carboxylic acids is 1. The maximum absolute atomic E-state index is 13.1. The van der Waals surface area contributed by atoms with E-state index >= 15 is 0 Å². The van der Waals surface area contributed by atoms with E-state index in [-0.39, 0.29) is 12.5 Å². The van der Waals surface area contributed by atoms with Gasteiger partial charge in [0.05, 0.1) is 6.61 Å². The minimum atomic E-state index is -1.08. The van der Waals surface area contributed by atoms with Gasteiger partial charge in [0.25, 0.3) is 5.91 Å². The molecular weight excluding hydrogens is 418 g/mol. The Balaban J connectivity index is 1.60. The van der Waals surface area contributed by atoms with Crippen molar-refractivity contribution in [3.63, 3.8) is 0 Å². The topological polar surface area (TPSA) is 92.2 Å². The number of nitrogens with zero attached hydrogens (tertiary/aromatic N) is 1. The largest absolute Gasteiger partial charge is 0.494 e. The fraction of sp³-hybridized carbons (Fsp3) is 0.385. The summed E-state index contributed by atoms with van der Waals surface area (Å²) in [5.41, 5.74) is 6.80. The van der Waals surface area contributed by atoms with Crippen LogP contribution in [-0.2, 0) is 16.0 Å². The minimum Gasteiger partial charge on any atom is -0.494 e. The highest BCUT2D eigenvalue weighted by Crippen LogP contribution is 2.32. The lowest BCUT2D eigenvalue weighted by Crippen LogP contribution is -2.54. The molecule has 2 aromatic rings. The number of ether oxygens (including phenoxy) is 2. The van der Waals surface area contributed by atoms with Crippen LogP contribution in [-0.4, -0.2) is 48.3 Å². The highest BCUT2D eigenvalue weighted by atomic mass is 16.5. The average Bonchev–Trinajstić information content (AvgIpc) is 3.17. The Morgan fingerprint density at radius 1 is 1.21 bits per heavy atom. The van der Waals surface area contributed by atoms with Crippen LogP contribution in [0.25, 0.3) is 0 Å². The first-order chi connectivity index (χ1) is 16.1. The number of aliphatic hydroxyl groups is 1. The Bertz CT molecular complexity index is 930. The first-order valence-electron chi connectivity index (χ1n) is 11.4. The molecule has 0 unspecified atom stereocenters. The number of benzene rings is 2. The van der Waals surface area contributed by atoms with Crippen molar-refractivity contribution >= 4 is 11.8 Å². The second-order valence-electron chi connectivity index (χ2n) is 8.01. The van der Waals surface area contributed by atoms with Crippen LogP contribution < -0.4 is 15.6 Å². The van der Waals surface area contributed by atoms with Crippen molar-refractivity contribution in [3.8, 4) is 5.75 Å². The van der Waals surface area contributed by atoms with E-state index in [4.69, 9.17) is 19.6 Å². The summed E-state index contributed by atoms with van der Waals surface area (Å²) in [7, 11) is 0. The summed E-state index contributed by atoms with van der Waals surface area (Å²) < 4.78 is 11.6. The second kappa shape index (κ2) is 12.2. The molecule has 1 heterocycles. The highest BCUT2D eigenvalue weighted by molar-refractivity contribution is 6.00. The molecule has 3 rings (SSSR count). The third-order valence-electron chi connectivity index (χ3n) is 5.60. The molecule has 0 aromatic heterocycles. The fourth-order valence-electron chi connectivity index (χ4n) is 3.68. The van der Waals surface area contributed by atoms with Gasteiger partial charge in [0.15, 0.2) is 5.54 Å². The van der Waals surface area contributed by atoms with Gasteiger partial charge in [-0.05, 0) is 49.6 Å². The predicted octanol–water partition coefficient (Wildman–Crippen LogP) is 3.18. The van der Waals surface area contributed by atoms with Gasteiger partial charge >= 0.3 is 0 Å². The minimum absolute atomic E-state index is 0.0932. The van der Waals surface area contributed by atoms with Crippen molar-refractivity contribution in [1.29, 1.82) is 0 Å². The molecule has 0 saturated carbocycles.